The Morgan fingerprint density at radius 2 is 1.44 bits per heavy atom. The molecule has 0 bridgehead atoms. The van der Waals surface area contributed by atoms with Crippen LogP contribution in [0.15, 0.2) is 89.3 Å². The van der Waals surface area contributed by atoms with Crippen molar-refractivity contribution in [2.24, 2.45) is 5.90 Å². The Hall–Kier alpha value is -2.93. The molecule has 0 atom stereocenters. The average Bonchev–Trinajstić information content (AvgIpc) is 3.06. The summed E-state index contributed by atoms with van der Waals surface area (Å²) in [5, 5.41) is 0. The Kier molecular flexibility index (Phi) is 7.39. The van der Waals surface area contributed by atoms with Crippen LogP contribution in [0.5, 0.6) is 0 Å². The van der Waals surface area contributed by atoms with E-state index in [1.54, 1.807) is 5.57 Å². The normalized spacial score (nSPS) is 15.9. The first-order valence-corrected chi connectivity index (χ1v) is 12.3. The molecule has 1 saturated heterocycles. The van der Waals surface area contributed by atoms with Crippen LogP contribution in [0.3, 0.4) is 0 Å². The highest BCUT2D eigenvalue weighted by Gasteiger charge is 2.22. The molecule has 2 aliphatic rings. The van der Waals surface area contributed by atoms with Gasteiger partial charge in [-0.25, -0.2) is 0 Å². The number of likely N-dealkylation sites (tertiary alicyclic amines) is 1. The topological polar surface area (TPSA) is 47.7 Å². The lowest BCUT2D eigenvalue weighted by Crippen LogP contribution is -2.31. The molecule has 0 unspecified atom stereocenters. The summed E-state index contributed by atoms with van der Waals surface area (Å²) in [4.78, 5) is 7.60. The SMILES string of the molecule is NOOSc1ccc(C=CCN2CCC(=C3c4ccccc4C=Cc4ccccc43)CC2)cc1. The van der Waals surface area contributed by atoms with Gasteiger partial charge in [-0.15, -0.1) is 9.32 Å². The second kappa shape index (κ2) is 11.0. The molecule has 0 radical (unpaired) electrons. The number of fused-ring (bicyclic) bond motifs is 2. The molecule has 5 rings (SSSR count). The summed E-state index contributed by atoms with van der Waals surface area (Å²) in [6.07, 6.45) is 11.1. The molecule has 1 aliphatic heterocycles. The molecule has 0 amide bonds. The predicted octanol–water partition coefficient (Wildman–Crippen LogP) is 6.61. The van der Waals surface area contributed by atoms with Gasteiger partial charge in [0.15, 0.2) is 0 Å². The molecule has 0 aromatic heterocycles. The summed E-state index contributed by atoms with van der Waals surface area (Å²) < 4.78 is 4.68. The van der Waals surface area contributed by atoms with Crippen LogP contribution in [0, 0.1) is 0 Å². The van der Waals surface area contributed by atoms with E-state index in [-0.39, 0.29) is 0 Å². The Bertz CT molecular complexity index is 1170. The van der Waals surface area contributed by atoms with Gasteiger partial charge in [0, 0.05) is 24.5 Å². The van der Waals surface area contributed by atoms with Crippen molar-refractivity contribution in [2.75, 3.05) is 19.6 Å². The molecular formula is C29H28N2O2S. The van der Waals surface area contributed by atoms with Crippen molar-refractivity contribution in [1.82, 2.24) is 4.90 Å². The summed E-state index contributed by atoms with van der Waals surface area (Å²) in [7, 11) is 0. The number of nitrogens with zero attached hydrogens (tertiary/aromatic N) is 1. The fraction of sp³-hybridized carbons (Fsp3) is 0.172. The van der Waals surface area contributed by atoms with Gasteiger partial charge in [0.05, 0.1) is 12.0 Å². The Balaban J connectivity index is 1.27. The van der Waals surface area contributed by atoms with E-state index in [0.29, 0.717) is 0 Å². The van der Waals surface area contributed by atoms with E-state index >= 15 is 0 Å². The van der Waals surface area contributed by atoms with Gasteiger partial charge in [-0.1, -0.05) is 90.5 Å². The van der Waals surface area contributed by atoms with Crippen LogP contribution in [0.4, 0.5) is 0 Å². The molecule has 2 N–H and O–H groups in total. The second-order valence-electron chi connectivity index (χ2n) is 8.51. The van der Waals surface area contributed by atoms with Gasteiger partial charge in [0.25, 0.3) is 0 Å². The van der Waals surface area contributed by atoms with Crippen LogP contribution in [0.1, 0.15) is 40.7 Å². The Morgan fingerprint density at radius 3 is 2.06 bits per heavy atom. The average molecular weight is 469 g/mol. The smallest absolute Gasteiger partial charge is 0.0702 e. The van der Waals surface area contributed by atoms with Crippen LogP contribution in [0.25, 0.3) is 23.8 Å². The first-order chi connectivity index (χ1) is 16.8. The van der Waals surface area contributed by atoms with Crippen LogP contribution in [0.2, 0.25) is 0 Å². The highest BCUT2D eigenvalue weighted by Crippen LogP contribution is 2.38. The largest absolute Gasteiger partial charge is 0.299 e. The quantitative estimate of drug-likeness (QED) is 0.196. The molecule has 4 nitrogen and oxygen atoms in total. The maximum Gasteiger partial charge on any atom is 0.0702 e. The fourth-order valence-corrected chi connectivity index (χ4v) is 5.10. The molecule has 5 heteroatoms. The fourth-order valence-electron chi connectivity index (χ4n) is 4.73. The van der Waals surface area contributed by atoms with Gasteiger partial charge >= 0.3 is 0 Å². The third-order valence-corrected chi connectivity index (χ3v) is 7.05. The van der Waals surface area contributed by atoms with E-state index in [9.17, 15) is 0 Å². The van der Waals surface area contributed by atoms with Gasteiger partial charge in [-0.3, -0.25) is 4.90 Å². The van der Waals surface area contributed by atoms with E-state index < -0.39 is 0 Å². The summed E-state index contributed by atoms with van der Waals surface area (Å²) in [5.74, 6) is 4.88. The summed E-state index contributed by atoms with van der Waals surface area (Å²) in [6.45, 7) is 3.11. The van der Waals surface area contributed by atoms with Crippen molar-refractivity contribution in [3.05, 3.63) is 112 Å². The first-order valence-electron chi connectivity index (χ1n) is 11.6. The monoisotopic (exact) mass is 468 g/mol. The number of nitrogens with two attached hydrogens (primary N) is 1. The van der Waals surface area contributed by atoms with Gasteiger partial charge in [-0.05, 0) is 58.4 Å². The predicted molar refractivity (Wildman–Crippen MR) is 141 cm³/mol. The van der Waals surface area contributed by atoms with E-state index in [2.05, 4.69) is 99.2 Å². The van der Waals surface area contributed by atoms with Crippen molar-refractivity contribution in [3.63, 3.8) is 0 Å². The van der Waals surface area contributed by atoms with Gasteiger partial charge in [-0.2, -0.15) is 5.90 Å². The molecule has 1 fully saturated rings. The summed E-state index contributed by atoms with van der Waals surface area (Å²) in [5.41, 5.74) is 9.50. The third kappa shape index (κ3) is 5.25. The molecular weight excluding hydrogens is 440 g/mol. The number of rotatable bonds is 6. The minimum Gasteiger partial charge on any atom is -0.299 e. The van der Waals surface area contributed by atoms with Crippen molar-refractivity contribution in [3.8, 4) is 0 Å². The van der Waals surface area contributed by atoms with E-state index in [1.807, 2.05) is 12.1 Å². The van der Waals surface area contributed by atoms with Crippen molar-refractivity contribution >= 4 is 35.8 Å². The standard InChI is InChI=1S/C29H28N2O2S/c30-32-33-34-26-15-11-22(12-16-26)6-5-19-31-20-17-25(18-21-31)29-27-9-3-1-7-23(27)13-14-24-8-2-4-10-28(24)29/h1-16H,17-21,30H2. The summed E-state index contributed by atoms with van der Waals surface area (Å²) >= 11 is 1.09. The maximum absolute atomic E-state index is 4.88. The minimum absolute atomic E-state index is 0.941. The molecule has 0 spiro atoms. The lowest BCUT2D eigenvalue weighted by molar-refractivity contribution is -0.195. The second-order valence-corrected chi connectivity index (χ2v) is 9.28. The van der Waals surface area contributed by atoms with Crippen molar-refractivity contribution in [1.29, 1.82) is 0 Å². The van der Waals surface area contributed by atoms with Crippen LogP contribution in [-0.2, 0) is 9.32 Å². The van der Waals surface area contributed by atoms with E-state index in [4.69, 9.17) is 5.90 Å². The molecule has 3 aromatic carbocycles. The lowest BCUT2D eigenvalue weighted by atomic mass is 9.86. The molecule has 34 heavy (non-hydrogen) atoms. The lowest BCUT2D eigenvalue weighted by Gasteiger charge is -2.29. The zero-order valence-corrected chi connectivity index (χ0v) is 19.8. The van der Waals surface area contributed by atoms with Gasteiger partial charge in [0.2, 0.25) is 0 Å². The first kappa shape index (κ1) is 22.8. The Morgan fingerprint density at radius 1 is 0.824 bits per heavy atom. The zero-order valence-electron chi connectivity index (χ0n) is 19.0. The summed E-state index contributed by atoms with van der Waals surface area (Å²) in [6, 6.07) is 25.7. The third-order valence-electron chi connectivity index (χ3n) is 6.44. The molecule has 3 aromatic rings. The number of piperidine rings is 1. The van der Waals surface area contributed by atoms with E-state index in [0.717, 1.165) is 55.0 Å². The molecule has 172 valence electrons. The minimum atomic E-state index is 0.941. The molecule has 1 heterocycles. The highest BCUT2D eigenvalue weighted by atomic mass is 32.2. The van der Waals surface area contributed by atoms with Crippen molar-refractivity contribution in [2.45, 2.75) is 17.7 Å². The highest BCUT2D eigenvalue weighted by molar-refractivity contribution is 7.94. The van der Waals surface area contributed by atoms with Gasteiger partial charge in [0.1, 0.15) is 0 Å². The zero-order chi connectivity index (χ0) is 23.2. The van der Waals surface area contributed by atoms with E-state index in [1.165, 1.54) is 27.8 Å². The van der Waals surface area contributed by atoms with Crippen LogP contribution < -0.4 is 5.90 Å². The van der Waals surface area contributed by atoms with Gasteiger partial charge < -0.3 is 0 Å². The van der Waals surface area contributed by atoms with Crippen molar-refractivity contribution < 1.29 is 9.32 Å². The van der Waals surface area contributed by atoms with Crippen LogP contribution in [-0.4, -0.2) is 24.5 Å². The van der Waals surface area contributed by atoms with Crippen LogP contribution >= 0.6 is 12.0 Å². The Labute approximate surface area is 205 Å². The maximum atomic E-state index is 4.88. The molecule has 1 aliphatic carbocycles. The molecule has 0 saturated carbocycles. The number of hydrogen-bond donors (Lipinski definition) is 1. The number of hydrogen-bond acceptors (Lipinski definition) is 5. The number of benzene rings is 3.